The normalized spacial score (nSPS) is 11.1. The van der Waals surface area contributed by atoms with Gasteiger partial charge in [0.25, 0.3) is 0 Å². The van der Waals surface area contributed by atoms with Crippen molar-refractivity contribution in [3.63, 3.8) is 0 Å². The van der Waals surface area contributed by atoms with Crippen molar-refractivity contribution in [1.82, 2.24) is 0 Å². The van der Waals surface area contributed by atoms with Crippen LogP contribution in [0.25, 0.3) is 0 Å². The van der Waals surface area contributed by atoms with Gasteiger partial charge in [-0.05, 0) is 32.9 Å². The van der Waals surface area contributed by atoms with E-state index < -0.39 is 23.3 Å². The SMILES string of the molecule is CC(C)(C)OC(=O)c1ccc(C(=O)O)c(N)c1O. The van der Waals surface area contributed by atoms with Gasteiger partial charge in [-0.15, -0.1) is 0 Å². The molecule has 6 nitrogen and oxygen atoms in total. The van der Waals surface area contributed by atoms with Crippen molar-refractivity contribution in [3.8, 4) is 5.75 Å². The number of benzene rings is 1. The van der Waals surface area contributed by atoms with Crippen LogP contribution in [-0.4, -0.2) is 27.8 Å². The molecule has 0 bridgehead atoms. The Morgan fingerprint density at radius 2 is 1.72 bits per heavy atom. The van der Waals surface area contributed by atoms with E-state index in [9.17, 15) is 14.7 Å². The van der Waals surface area contributed by atoms with Crippen LogP contribution in [-0.2, 0) is 4.74 Å². The Hall–Kier alpha value is -2.24. The number of phenolic OH excluding ortho intramolecular Hbond substituents is 1. The number of carboxylic acid groups (broad SMARTS) is 1. The van der Waals surface area contributed by atoms with Crippen LogP contribution < -0.4 is 5.73 Å². The minimum Gasteiger partial charge on any atom is -0.505 e. The Morgan fingerprint density at radius 3 is 2.17 bits per heavy atom. The number of carbonyl (C=O) groups excluding carboxylic acids is 1. The fraction of sp³-hybridized carbons (Fsp3) is 0.333. The van der Waals surface area contributed by atoms with Gasteiger partial charge in [-0.25, -0.2) is 9.59 Å². The monoisotopic (exact) mass is 253 g/mol. The molecular formula is C12H15NO5. The summed E-state index contributed by atoms with van der Waals surface area (Å²) in [5, 5.41) is 18.5. The third-order valence-corrected chi connectivity index (χ3v) is 2.07. The standard InChI is InChI=1S/C12H15NO5/c1-12(2,3)18-11(17)7-5-4-6(10(15)16)8(13)9(7)14/h4-5,14H,13H2,1-3H3,(H,15,16). The van der Waals surface area contributed by atoms with E-state index in [0.29, 0.717) is 0 Å². The van der Waals surface area contributed by atoms with Gasteiger partial charge in [-0.2, -0.15) is 0 Å². The fourth-order valence-corrected chi connectivity index (χ4v) is 1.29. The van der Waals surface area contributed by atoms with Gasteiger partial charge in [0.05, 0.1) is 11.3 Å². The van der Waals surface area contributed by atoms with Gasteiger partial charge in [-0.3, -0.25) is 0 Å². The molecule has 0 aliphatic carbocycles. The van der Waals surface area contributed by atoms with Crippen molar-refractivity contribution in [2.45, 2.75) is 26.4 Å². The fourth-order valence-electron chi connectivity index (χ4n) is 1.29. The molecule has 1 aromatic rings. The molecule has 98 valence electrons. The topological polar surface area (TPSA) is 110 Å². The number of aromatic carboxylic acids is 1. The lowest BCUT2D eigenvalue weighted by atomic mass is 10.1. The number of ether oxygens (including phenoxy) is 1. The Labute approximate surface area is 104 Å². The molecule has 0 unspecified atom stereocenters. The minimum absolute atomic E-state index is 0.160. The molecule has 0 radical (unpaired) electrons. The predicted molar refractivity (Wildman–Crippen MR) is 64.6 cm³/mol. The van der Waals surface area contributed by atoms with Crippen LogP contribution in [0.3, 0.4) is 0 Å². The average Bonchev–Trinajstić information content (AvgIpc) is 2.18. The molecule has 0 spiro atoms. The van der Waals surface area contributed by atoms with Gasteiger partial charge in [0.2, 0.25) is 0 Å². The van der Waals surface area contributed by atoms with Crippen molar-refractivity contribution in [3.05, 3.63) is 23.3 Å². The highest BCUT2D eigenvalue weighted by Gasteiger charge is 2.23. The quantitative estimate of drug-likeness (QED) is 0.419. The first-order valence-electron chi connectivity index (χ1n) is 5.21. The summed E-state index contributed by atoms with van der Waals surface area (Å²) in [4.78, 5) is 22.5. The van der Waals surface area contributed by atoms with Crippen molar-refractivity contribution >= 4 is 17.6 Å². The maximum Gasteiger partial charge on any atom is 0.342 e. The summed E-state index contributed by atoms with van der Waals surface area (Å²) < 4.78 is 5.06. The van der Waals surface area contributed by atoms with Gasteiger partial charge in [0.1, 0.15) is 11.2 Å². The molecule has 6 heteroatoms. The molecule has 0 atom stereocenters. The number of carbonyl (C=O) groups is 2. The Balaban J connectivity index is 3.17. The van der Waals surface area contributed by atoms with Crippen LogP contribution in [0, 0.1) is 0 Å². The number of phenols is 1. The van der Waals surface area contributed by atoms with Crippen LogP contribution in [0.4, 0.5) is 5.69 Å². The summed E-state index contributed by atoms with van der Waals surface area (Å²) in [6.45, 7) is 5.03. The largest absolute Gasteiger partial charge is 0.505 e. The minimum atomic E-state index is -1.28. The predicted octanol–water partition coefficient (Wildman–Crippen LogP) is 1.63. The van der Waals surface area contributed by atoms with E-state index in [-0.39, 0.29) is 16.8 Å². The highest BCUT2D eigenvalue weighted by Crippen LogP contribution is 2.30. The maximum absolute atomic E-state index is 11.7. The number of anilines is 1. The molecule has 18 heavy (non-hydrogen) atoms. The van der Waals surface area contributed by atoms with E-state index in [1.54, 1.807) is 20.8 Å². The Bertz CT molecular complexity index is 502. The van der Waals surface area contributed by atoms with E-state index in [1.807, 2.05) is 0 Å². The summed E-state index contributed by atoms with van der Waals surface area (Å²) >= 11 is 0. The highest BCUT2D eigenvalue weighted by molar-refractivity contribution is 6.01. The summed E-state index contributed by atoms with van der Waals surface area (Å²) in [5.74, 6) is -2.62. The van der Waals surface area contributed by atoms with E-state index >= 15 is 0 Å². The number of rotatable bonds is 2. The third-order valence-electron chi connectivity index (χ3n) is 2.07. The summed E-state index contributed by atoms with van der Waals surface area (Å²) in [6.07, 6.45) is 0. The van der Waals surface area contributed by atoms with Crippen molar-refractivity contribution in [1.29, 1.82) is 0 Å². The Kier molecular flexibility index (Phi) is 3.50. The molecule has 1 rings (SSSR count). The molecule has 0 saturated heterocycles. The number of carboxylic acids is 1. The highest BCUT2D eigenvalue weighted by atomic mass is 16.6. The molecule has 1 aromatic carbocycles. The smallest absolute Gasteiger partial charge is 0.342 e. The van der Waals surface area contributed by atoms with Crippen LogP contribution in [0.1, 0.15) is 41.5 Å². The van der Waals surface area contributed by atoms with Crippen LogP contribution >= 0.6 is 0 Å². The summed E-state index contributed by atoms with van der Waals surface area (Å²) in [6, 6.07) is 2.32. The lowest BCUT2D eigenvalue weighted by molar-refractivity contribution is 0.00665. The second kappa shape index (κ2) is 4.56. The second-order valence-corrected chi connectivity index (χ2v) is 4.73. The lowest BCUT2D eigenvalue weighted by Gasteiger charge is -2.20. The first-order chi connectivity index (χ1) is 8.13. The van der Waals surface area contributed by atoms with Gasteiger partial charge >= 0.3 is 11.9 Å². The molecule has 0 amide bonds. The molecule has 0 aliphatic rings. The van der Waals surface area contributed by atoms with Gasteiger partial charge in [-0.1, -0.05) is 0 Å². The average molecular weight is 253 g/mol. The first kappa shape index (κ1) is 13.8. The van der Waals surface area contributed by atoms with E-state index in [4.69, 9.17) is 15.6 Å². The molecule has 0 fully saturated rings. The lowest BCUT2D eigenvalue weighted by Crippen LogP contribution is -2.24. The number of nitrogen functional groups attached to an aromatic ring is 1. The zero-order valence-electron chi connectivity index (χ0n) is 10.4. The van der Waals surface area contributed by atoms with Crippen molar-refractivity contribution < 1.29 is 24.5 Å². The summed E-state index contributed by atoms with van der Waals surface area (Å²) in [7, 11) is 0. The van der Waals surface area contributed by atoms with E-state index in [1.165, 1.54) is 6.07 Å². The number of esters is 1. The van der Waals surface area contributed by atoms with Gasteiger partial charge < -0.3 is 20.7 Å². The molecule has 0 heterocycles. The molecule has 0 aliphatic heterocycles. The number of hydrogen-bond acceptors (Lipinski definition) is 5. The first-order valence-corrected chi connectivity index (χ1v) is 5.21. The van der Waals surface area contributed by atoms with Crippen LogP contribution in [0.5, 0.6) is 5.75 Å². The van der Waals surface area contributed by atoms with Crippen molar-refractivity contribution in [2.75, 3.05) is 5.73 Å². The van der Waals surface area contributed by atoms with Crippen LogP contribution in [0.15, 0.2) is 12.1 Å². The molecule has 0 aromatic heterocycles. The zero-order chi connectivity index (χ0) is 14.1. The summed E-state index contributed by atoms with van der Waals surface area (Å²) in [5.41, 5.74) is 3.95. The van der Waals surface area contributed by atoms with Gasteiger partial charge in [0, 0.05) is 0 Å². The molecule has 4 N–H and O–H groups in total. The molecule has 0 saturated carbocycles. The second-order valence-electron chi connectivity index (χ2n) is 4.73. The zero-order valence-corrected chi connectivity index (χ0v) is 10.4. The Morgan fingerprint density at radius 1 is 1.22 bits per heavy atom. The van der Waals surface area contributed by atoms with E-state index in [2.05, 4.69) is 0 Å². The maximum atomic E-state index is 11.7. The number of nitrogens with two attached hydrogens (primary N) is 1. The molecular weight excluding hydrogens is 238 g/mol. The van der Waals surface area contributed by atoms with Gasteiger partial charge in [0.15, 0.2) is 5.75 Å². The third kappa shape index (κ3) is 2.91. The van der Waals surface area contributed by atoms with Crippen molar-refractivity contribution in [2.24, 2.45) is 0 Å². The number of hydrogen-bond donors (Lipinski definition) is 3. The van der Waals surface area contributed by atoms with E-state index in [0.717, 1.165) is 6.07 Å². The van der Waals surface area contributed by atoms with Crippen LogP contribution in [0.2, 0.25) is 0 Å². The number of aromatic hydroxyl groups is 1.